The first-order valence-corrected chi connectivity index (χ1v) is 9.62. The monoisotopic (exact) mass is 364 g/mol. The van der Waals surface area contributed by atoms with Gasteiger partial charge in [0.25, 0.3) is 0 Å². The number of likely N-dealkylation sites (N-methyl/N-ethyl adjacent to an activating group) is 1. The van der Waals surface area contributed by atoms with Crippen molar-refractivity contribution in [2.24, 2.45) is 0 Å². The van der Waals surface area contributed by atoms with Crippen LogP contribution in [0.15, 0.2) is 30.7 Å². The molecule has 4 aromatic rings. The van der Waals surface area contributed by atoms with Gasteiger partial charge in [-0.2, -0.15) is 5.10 Å². The van der Waals surface area contributed by atoms with E-state index >= 15 is 0 Å². The number of aryl methyl sites for hydroxylation is 1. The first-order chi connectivity index (χ1) is 12.7. The number of aromatic nitrogens is 4. The molecule has 0 bridgehead atoms. The van der Waals surface area contributed by atoms with Gasteiger partial charge in [-0.1, -0.05) is 0 Å². The van der Waals surface area contributed by atoms with Crippen LogP contribution in [-0.2, 0) is 12.8 Å². The van der Waals surface area contributed by atoms with E-state index in [9.17, 15) is 0 Å². The average molecular weight is 364 g/mol. The van der Waals surface area contributed by atoms with Crippen LogP contribution in [-0.4, -0.2) is 45.2 Å². The predicted octanol–water partition coefficient (Wildman–Crippen LogP) is 3.73. The number of H-pyrrole nitrogens is 1. The van der Waals surface area contributed by atoms with Crippen LogP contribution in [0.4, 0.5) is 11.5 Å². The van der Waals surface area contributed by atoms with Gasteiger partial charge in [0.2, 0.25) is 0 Å². The summed E-state index contributed by atoms with van der Waals surface area (Å²) in [5.74, 6) is 0.902. The number of fused-ring (bicyclic) bond motifs is 4. The van der Waals surface area contributed by atoms with E-state index in [4.69, 9.17) is 0 Å². The minimum absolute atomic E-state index is 0.614. The van der Waals surface area contributed by atoms with Crippen molar-refractivity contribution >= 4 is 44.0 Å². The summed E-state index contributed by atoms with van der Waals surface area (Å²) in [6, 6.07) is 6.79. The molecule has 1 aromatic carbocycles. The molecule has 0 saturated heterocycles. The van der Waals surface area contributed by atoms with Gasteiger partial charge in [-0.25, -0.2) is 9.97 Å². The SMILES string of the molecule is CN(C)C1CCc2c(sc3ncnc(Nc4ccc5[nH]ncc5c4)c23)C1. The number of anilines is 2. The highest BCUT2D eigenvalue weighted by Gasteiger charge is 2.26. The molecule has 0 radical (unpaired) electrons. The summed E-state index contributed by atoms with van der Waals surface area (Å²) in [6.07, 6.45) is 6.86. The molecule has 6 nitrogen and oxygen atoms in total. The Balaban J connectivity index is 1.56. The number of hydrogen-bond donors (Lipinski definition) is 2. The third-order valence-electron chi connectivity index (χ3n) is 5.25. The molecule has 0 amide bonds. The topological polar surface area (TPSA) is 69.7 Å². The van der Waals surface area contributed by atoms with E-state index in [-0.39, 0.29) is 0 Å². The fourth-order valence-electron chi connectivity index (χ4n) is 3.79. The number of thiophene rings is 1. The lowest BCUT2D eigenvalue weighted by Gasteiger charge is -2.28. The minimum Gasteiger partial charge on any atom is -0.340 e. The van der Waals surface area contributed by atoms with Crippen molar-refractivity contribution in [1.82, 2.24) is 25.1 Å². The quantitative estimate of drug-likeness (QED) is 0.580. The number of benzene rings is 1. The molecule has 3 heterocycles. The van der Waals surface area contributed by atoms with E-state index < -0.39 is 0 Å². The third kappa shape index (κ3) is 2.55. The van der Waals surface area contributed by atoms with Crippen LogP contribution in [0.3, 0.4) is 0 Å². The summed E-state index contributed by atoms with van der Waals surface area (Å²) in [5, 5.41) is 12.9. The van der Waals surface area contributed by atoms with Crippen molar-refractivity contribution in [2.75, 3.05) is 19.4 Å². The van der Waals surface area contributed by atoms with Crippen LogP contribution in [0, 0.1) is 0 Å². The van der Waals surface area contributed by atoms with Crippen LogP contribution in [0.5, 0.6) is 0 Å². The Labute approximate surface area is 155 Å². The molecule has 0 aliphatic heterocycles. The van der Waals surface area contributed by atoms with Crippen molar-refractivity contribution in [3.8, 4) is 0 Å². The molecule has 0 saturated carbocycles. The van der Waals surface area contributed by atoms with E-state index in [1.165, 1.54) is 22.2 Å². The van der Waals surface area contributed by atoms with Gasteiger partial charge in [-0.05, 0) is 57.1 Å². The predicted molar refractivity (Wildman–Crippen MR) is 106 cm³/mol. The molecular formula is C19H20N6S. The van der Waals surface area contributed by atoms with Gasteiger partial charge in [0.1, 0.15) is 17.0 Å². The number of nitrogens with zero attached hydrogens (tertiary/aromatic N) is 4. The molecule has 5 rings (SSSR count). The third-order valence-corrected chi connectivity index (χ3v) is 6.41. The van der Waals surface area contributed by atoms with Gasteiger partial charge in [0, 0.05) is 22.0 Å². The van der Waals surface area contributed by atoms with E-state index in [0.717, 1.165) is 40.1 Å². The lowest BCUT2D eigenvalue weighted by molar-refractivity contribution is 0.270. The maximum absolute atomic E-state index is 4.55. The van der Waals surface area contributed by atoms with Crippen molar-refractivity contribution in [3.63, 3.8) is 0 Å². The number of hydrogen-bond acceptors (Lipinski definition) is 6. The Morgan fingerprint density at radius 1 is 1.27 bits per heavy atom. The van der Waals surface area contributed by atoms with Gasteiger partial charge in [-0.15, -0.1) is 11.3 Å². The average Bonchev–Trinajstić information content (AvgIpc) is 3.25. The molecule has 0 spiro atoms. The van der Waals surface area contributed by atoms with Gasteiger partial charge in [0.15, 0.2) is 0 Å². The standard InChI is InChI=1S/C19H20N6S/c1-25(2)13-4-5-14-16(8-13)26-19-17(14)18(20-10-21-19)23-12-3-6-15-11(7-12)9-22-24-15/h3,6-7,9-10,13H,4-5,8H2,1-2H3,(H,22,24)(H,20,21,23). The fraction of sp³-hybridized carbons (Fsp3) is 0.316. The number of aromatic amines is 1. The van der Waals surface area contributed by atoms with Crippen LogP contribution < -0.4 is 5.32 Å². The zero-order chi connectivity index (χ0) is 17.7. The van der Waals surface area contributed by atoms with Gasteiger partial charge in [0.05, 0.1) is 17.1 Å². The van der Waals surface area contributed by atoms with Crippen molar-refractivity contribution in [3.05, 3.63) is 41.2 Å². The maximum atomic E-state index is 4.55. The summed E-state index contributed by atoms with van der Waals surface area (Å²) in [5.41, 5.74) is 3.47. The van der Waals surface area contributed by atoms with Crippen molar-refractivity contribution in [1.29, 1.82) is 0 Å². The second-order valence-corrected chi connectivity index (χ2v) is 8.15. The van der Waals surface area contributed by atoms with Crippen LogP contribution in [0.25, 0.3) is 21.1 Å². The molecule has 1 atom stereocenters. The lowest BCUT2D eigenvalue weighted by Crippen LogP contribution is -2.32. The Morgan fingerprint density at radius 2 is 2.19 bits per heavy atom. The van der Waals surface area contributed by atoms with E-state index in [2.05, 4.69) is 56.6 Å². The Morgan fingerprint density at radius 3 is 3.08 bits per heavy atom. The van der Waals surface area contributed by atoms with E-state index in [0.29, 0.717) is 6.04 Å². The molecule has 1 unspecified atom stereocenters. The maximum Gasteiger partial charge on any atom is 0.142 e. The van der Waals surface area contributed by atoms with Gasteiger partial charge in [-0.3, -0.25) is 5.10 Å². The second-order valence-electron chi connectivity index (χ2n) is 7.06. The number of rotatable bonds is 3. The fourth-order valence-corrected chi connectivity index (χ4v) is 5.04. The van der Waals surface area contributed by atoms with E-state index in [1.54, 1.807) is 6.33 Å². The zero-order valence-electron chi connectivity index (χ0n) is 14.8. The molecule has 3 aromatic heterocycles. The molecule has 2 N–H and O–H groups in total. The second kappa shape index (κ2) is 6.03. The van der Waals surface area contributed by atoms with Crippen molar-refractivity contribution < 1.29 is 0 Å². The molecule has 1 aliphatic rings. The Hall–Kier alpha value is -2.51. The van der Waals surface area contributed by atoms with Crippen LogP contribution in [0.2, 0.25) is 0 Å². The van der Waals surface area contributed by atoms with Crippen LogP contribution >= 0.6 is 11.3 Å². The minimum atomic E-state index is 0.614. The summed E-state index contributed by atoms with van der Waals surface area (Å²) in [4.78, 5) is 14.0. The zero-order valence-corrected chi connectivity index (χ0v) is 15.6. The molecule has 7 heteroatoms. The highest BCUT2D eigenvalue weighted by Crippen LogP contribution is 2.39. The van der Waals surface area contributed by atoms with Gasteiger partial charge >= 0.3 is 0 Å². The Kier molecular flexibility index (Phi) is 3.65. The first-order valence-electron chi connectivity index (χ1n) is 8.81. The highest BCUT2D eigenvalue weighted by atomic mass is 32.1. The summed E-state index contributed by atoms with van der Waals surface area (Å²) < 4.78 is 0. The van der Waals surface area contributed by atoms with Gasteiger partial charge < -0.3 is 10.2 Å². The summed E-state index contributed by atoms with van der Waals surface area (Å²) >= 11 is 1.82. The molecule has 132 valence electrons. The number of nitrogens with one attached hydrogen (secondary N) is 2. The first kappa shape index (κ1) is 15.7. The summed E-state index contributed by atoms with van der Waals surface area (Å²) in [6.45, 7) is 0. The summed E-state index contributed by atoms with van der Waals surface area (Å²) in [7, 11) is 4.34. The molecule has 0 fully saturated rings. The molecule has 26 heavy (non-hydrogen) atoms. The molecule has 1 aliphatic carbocycles. The normalized spacial score (nSPS) is 17.1. The Bertz CT molecular complexity index is 1100. The smallest absolute Gasteiger partial charge is 0.142 e. The van der Waals surface area contributed by atoms with Crippen LogP contribution in [0.1, 0.15) is 16.9 Å². The lowest BCUT2D eigenvalue weighted by atomic mass is 9.92. The van der Waals surface area contributed by atoms with Crippen molar-refractivity contribution in [2.45, 2.75) is 25.3 Å². The van der Waals surface area contributed by atoms with E-state index in [1.807, 2.05) is 23.6 Å². The largest absolute Gasteiger partial charge is 0.340 e. The molecular weight excluding hydrogens is 344 g/mol. The highest BCUT2D eigenvalue weighted by molar-refractivity contribution is 7.19.